The van der Waals surface area contributed by atoms with E-state index < -0.39 is 28.8 Å². The minimum absolute atomic E-state index is 0.136. The highest BCUT2D eigenvalue weighted by molar-refractivity contribution is 6.31. The maximum Gasteiger partial charge on any atom is 0.470 e. The lowest BCUT2D eigenvalue weighted by molar-refractivity contribution is -0.385. The summed E-state index contributed by atoms with van der Waals surface area (Å²) in [6.45, 7) is 0.355. The summed E-state index contributed by atoms with van der Waals surface area (Å²) in [5, 5.41) is 17.7. The van der Waals surface area contributed by atoms with Gasteiger partial charge in [0.2, 0.25) is 5.89 Å². The average molecular weight is 405 g/mol. The first kappa shape index (κ1) is 19.1. The van der Waals surface area contributed by atoms with Crippen LogP contribution in [0.4, 0.5) is 18.9 Å². The number of nitro groups is 1. The number of piperidine rings is 1. The van der Waals surface area contributed by atoms with Gasteiger partial charge in [0.25, 0.3) is 11.6 Å². The predicted molar refractivity (Wildman–Crippen MR) is 85.3 cm³/mol. The van der Waals surface area contributed by atoms with E-state index >= 15 is 0 Å². The molecule has 1 aliphatic heterocycles. The van der Waals surface area contributed by atoms with Crippen LogP contribution in [0.1, 0.15) is 40.9 Å². The van der Waals surface area contributed by atoms with Gasteiger partial charge in [0.1, 0.15) is 5.56 Å². The van der Waals surface area contributed by atoms with E-state index in [2.05, 4.69) is 14.6 Å². The molecular weight excluding hydrogens is 393 g/mol. The Bertz CT molecular complexity index is 878. The molecule has 1 aromatic carbocycles. The summed E-state index contributed by atoms with van der Waals surface area (Å²) in [5.74, 6) is -2.54. The Labute approximate surface area is 155 Å². The number of aromatic nitrogens is 2. The van der Waals surface area contributed by atoms with Gasteiger partial charge in [-0.15, -0.1) is 10.2 Å². The minimum atomic E-state index is -4.71. The smallest absolute Gasteiger partial charge is 0.417 e. The van der Waals surface area contributed by atoms with Crippen LogP contribution < -0.4 is 0 Å². The van der Waals surface area contributed by atoms with E-state index in [4.69, 9.17) is 11.6 Å². The molecule has 0 spiro atoms. The molecular formula is C15H12ClF3N4O4. The lowest BCUT2D eigenvalue weighted by Crippen LogP contribution is -2.38. The van der Waals surface area contributed by atoms with Crippen molar-refractivity contribution in [1.29, 1.82) is 0 Å². The van der Waals surface area contributed by atoms with Crippen LogP contribution in [-0.4, -0.2) is 39.0 Å². The zero-order valence-corrected chi connectivity index (χ0v) is 14.3. The third-order valence-corrected chi connectivity index (χ3v) is 4.44. The Morgan fingerprint density at radius 3 is 2.52 bits per heavy atom. The highest BCUT2D eigenvalue weighted by Gasteiger charge is 2.39. The number of hydrogen-bond acceptors (Lipinski definition) is 6. The van der Waals surface area contributed by atoms with Gasteiger partial charge in [-0.25, -0.2) is 0 Å². The number of alkyl halides is 3. The number of nitro benzene ring substituents is 1. The highest BCUT2D eigenvalue weighted by Crippen LogP contribution is 2.33. The number of benzene rings is 1. The zero-order valence-electron chi connectivity index (χ0n) is 13.6. The molecule has 1 amide bonds. The van der Waals surface area contributed by atoms with E-state index in [1.165, 1.54) is 17.0 Å². The average Bonchev–Trinajstić information content (AvgIpc) is 3.11. The Balaban J connectivity index is 1.71. The van der Waals surface area contributed by atoms with Crippen molar-refractivity contribution in [2.45, 2.75) is 24.9 Å². The van der Waals surface area contributed by atoms with Gasteiger partial charge in [-0.05, 0) is 25.0 Å². The molecule has 0 radical (unpaired) electrons. The molecule has 2 heterocycles. The Morgan fingerprint density at radius 1 is 1.30 bits per heavy atom. The fourth-order valence-corrected chi connectivity index (χ4v) is 3.02. The maximum atomic E-state index is 12.6. The summed E-state index contributed by atoms with van der Waals surface area (Å²) in [6, 6.07) is 3.69. The molecule has 1 aliphatic rings. The second-order valence-corrected chi connectivity index (χ2v) is 6.36. The van der Waals surface area contributed by atoms with Crippen LogP contribution in [0.3, 0.4) is 0 Å². The lowest BCUT2D eigenvalue weighted by atomic mass is 9.96. The topological polar surface area (TPSA) is 102 Å². The molecule has 0 unspecified atom stereocenters. The molecule has 0 aliphatic carbocycles. The number of nitrogens with zero attached hydrogens (tertiary/aromatic N) is 4. The molecule has 1 saturated heterocycles. The van der Waals surface area contributed by atoms with Crippen molar-refractivity contribution in [2.24, 2.45) is 0 Å². The van der Waals surface area contributed by atoms with E-state index in [9.17, 15) is 28.1 Å². The number of rotatable bonds is 3. The molecule has 1 aromatic heterocycles. The Hall–Kier alpha value is -2.69. The lowest BCUT2D eigenvalue weighted by Gasteiger charge is -2.30. The van der Waals surface area contributed by atoms with Crippen LogP contribution in [0.2, 0.25) is 5.02 Å². The van der Waals surface area contributed by atoms with E-state index in [1.54, 1.807) is 0 Å². The van der Waals surface area contributed by atoms with Crippen LogP contribution in [0, 0.1) is 10.1 Å². The summed E-state index contributed by atoms with van der Waals surface area (Å²) in [7, 11) is 0. The molecule has 1 fully saturated rings. The molecule has 144 valence electrons. The molecule has 0 saturated carbocycles. The fourth-order valence-electron chi connectivity index (χ4n) is 2.85. The first-order valence-corrected chi connectivity index (χ1v) is 8.18. The highest BCUT2D eigenvalue weighted by atomic mass is 35.5. The third kappa shape index (κ3) is 4.02. The van der Waals surface area contributed by atoms with Gasteiger partial charge in [-0.3, -0.25) is 14.9 Å². The van der Waals surface area contributed by atoms with E-state index in [0.717, 1.165) is 6.07 Å². The maximum absolute atomic E-state index is 12.6. The first-order chi connectivity index (χ1) is 12.7. The van der Waals surface area contributed by atoms with Crippen molar-refractivity contribution in [1.82, 2.24) is 15.1 Å². The summed E-state index contributed by atoms with van der Waals surface area (Å²) < 4.78 is 42.3. The number of amides is 1. The van der Waals surface area contributed by atoms with E-state index in [0.29, 0.717) is 12.8 Å². The largest absolute Gasteiger partial charge is 0.470 e. The van der Waals surface area contributed by atoms with E-state index in [-0.39, 0.29) is 35.3 Å². The molecule has 27 heavy (non-hydrogen) atoms. The summed E-state index contributed by atoms with van der Waals surface area (Å²) in [5.41, 5.74) is -0.499. The quantitative estimate of drug-likeness (QED) is 0.571. The Morgan fingerprint density at radius 2 is 1.96 bits per heavy atom. The molecule has 0 bridgehead atoms. The predicted octanol–water partition coefficient (Wildman–Crippen LogP) is 3.67. The molecule has 0 N–H and O–H groups in total. The SMILES string of the molecule is O=C(c1cc(Cl)ccc1[N+](=O)[O-])N1CCC(c2nnc(C(F)(F)F)o2)CC1. The van der Waals surface area contributed by atoms with Crippen LogP contribution in [0.15, 0.2) is 22.6 Å². The molecule has 8 nitrogen and oxygen atoms in total. The summed E-state index contributed by atoms with van der Waals surface area (Å²) in [6.07, 6.45) is -4.13. The van der Waals surface area contributed by atoms with Gasteiger partial charge in [-0.2, -0.15) is 13.2 Å². The molecule has 12 heteroatoms. The van der Waals surface area contributed by atoms with Gasteiger partial charge in [0.05, 0.1) is 4.92 Å². The van der Waals surface area contributed by atoms with Gasteiger partial charge in [-0.1, -0.05) is 11.6 Å². The Kier molecular flexibility index (Phi) is 5.05. The van der Waals surface area contributed by atoms with Crippen molar-refractivity contribution < 1.29 is 27.3 Å². The summed E-state index contributed by atoms with van der Waals surface area (Å²) >= 11 is 5.83. The monoisotopic (exact) mass is 404 g/mol. The fraction of sp³-hybridized carbons (Fsp3) is 0.400. The number of likely N-dealkylation sites (tertiary alicyclic amines) is 1. The number of carbonyl (C=O) groups excluding carboxylic acids is 1. The first-order valence-electron chi connectivity index (χ1n) is 7.80. The second-order valence-electron chi connectivity index (χ2n) is 5.93. The van der Waals surface area contributed by atoms with Gasteiger partial charge in [0, 0.05) is 30.1 Å². The number of carbonyl (C=O) groups is 1. The molecule has 0 atom stereocenters. The van der Waals surface area contributed by atoms with Crippen molar-refractivity contribution in [3.63, 3.8) is 0 Å². The van der Waals surface area contributed by atoms with Crippen LogP contribution in [0.5, 0.6) is 0 Å². The van der Waals surface area contributed by atoms with E-state index in [1.807, 2.05) is 0 Å². The van der Waals surface area contributed by atoms with Crippen molar-refractivity contribution in [3.05, 3.63) is 50.7 Å². The van der Waals surface area contributed by atoms with Gasteiger partial charge in [0.15, 0.2) is 0 Å². The minimum Gasteiger partial charge on any atom is -0.417 e. The van der Waals surface area contributed by atoms with Crippen molar-refractivity contribution in [2.75, 3.05) is 13.1 Å². The standard InChI is InChI=1S/C15H12ClF3N4O4/c16-9-1-2-11(23(25)26)10(7-9)13(24)22-5-3-8(4-6-22)12-20-21-14(27-12)15(17,18)19/h1-2,7-8H,3-6H2. The number of halogens is 4. The van der Waals surface area contributed by atoms with Crippen LogP contribution in [0.25, 0.3) is 0 Å². The van der Waals surface area contributed by atoms with Crippen molar-refractivity contribution in [3.8, 4) is 0 Å². The second kappa shape index (κ2) is 7.14. The van der Waals surface area contributed by atoms with Gasteiger partial charge < -0.3 is 9.32 Å². The molecule has 3 rings (SSSR count). The van der Waals surface area contributed by atoms with Crippen LogP contribution >= 0.6 is 11.6 Å². The van der Waals surface area contributed by atoms with Crippen LogP contribution in [-0.2, 0) is 6.18 Å². The third-order valence-electron chi connectivity index (χ3n) is 4.20. The molecule has 2 aromatic rings. The number of hydrogen-bond donors (Lipinski definition) is 0. The summed E-state index contributed by atoms with van der Waals surface area (Å²) in [4.78, 5) is 24.4. The van der Waals surface area contributed by atoms with Crippen molar-refractivity contribution >= 4 is 23.2 Å². The van der Waals surface area contributed by atoms with Gasteiger partial charge >= 0.3 is 12.1 Å². The normalized spacial score (nSPS) is 15.8. The zero-order chi connectivity index (χ0) is 19.8.